The molecule has 0 bridgehead atoms. The van der Waals surface area contributed by atoms with E-state index >= 15 is 0 Å². The van der Waals surface area contributed by atoms with Crippen molar-refractivity contribution < 1.29 is 0 Å². The second-order valence-electron chi connectivity index (χ2n) is 6.67. The van der Waals surface area contributed by atoms with Gasteiger partial charge in [-0.05, 0) is 74.4 Å². The predicted molar refractivity (Wildman–Crippen MR) is 103 cm³/mol. The van der Waals surface area contributed by atoms with Crippen molar-refractivity contribution in [2.75, 3.05) is 6.54 Å². The van der Waals surface area contributed by atoms with Crippen molar-refractivity contribution in [3.8, 4) is 0 Å². The minimum atomic E-state index is 0.879. The van der Waals surface area contributed by atoms with Crippen molar-refractivity contribution in [2.24, 2.45) is 0 Å². The third-order valence-corrected chi connectivity index (χ3v) is 4.73. The molecule has 0 fully saturated rings. The zero-order chi connectivity index (χ0) is 17.0. The van der Waals surface area contributed by atoms with E-state index in [0.29, 0.717) is 0 Å². The summed E-state index contributed by atoms with van der Waals surface area (Å²) in [6.07, 6.45) is 6.74. The number of hydrogen-bond donors (Lipinski definition) is 1. The van der Waals surface area contributed by atoms with Crippen molar-refractivity contribution in [1.29, 1.82) is 0 Å². The molecule has 0 unspecified atom stereocenters. The Labute approximate surface area is 141 Å². The fourth-order valence-electron chi connectivity index (χ4n) is 2.81. The molecule has 1 aliphatic rings. The van der Waals surface area contributed by atoms with Crippen LogP contribution in [0, 0.1) is 6.92 Å². The molecule has 122 valence electrons. The number of aryl methyl sites for hydroxylation is 1. The number of hydrogen-bond acceptors (Lipinski definition) is 1. The summed E-state index contributed by atoms with van der Waals surface area (Å²) in [5.74, 6) is 0. The minimum absolute atomic E-state index is 0.879. The van der Waals surface area contributed by atoms with E-state index in [1.807, 2.05) is 0 Å². The van der Waals surface area contributed by atoms with Crippen molar-refractivity contribution in [2.45, 2.75) is 47.5 Å². The van der Waals surface area contributed by atoms with Crippen LogP contribution in [0.5, 0.6) is 0 Å². The van der Waals surface area contributed by atoms with Crippen LogP contribution in [-0.4, -0.2) is 6.54 Å². The van der Waals surface area contributed by atoms with Crippen LogP contribution < -0.4 is 5.32 Å². The van der Waals surface area contributed by atoms with Crippen molar-refractivity contribution in [1.82, 2.24) is 5.32 Å². The van der Waals surface area contributed by atoms with Gasteiger partial charge in [-0.25, -0.2) is 0 Å². The second kappa shape index (κ2) is 7.50. The van der Waals surface area contributed by atoms with Crippen molar-refractivity contribution in [3.05, 3.63) is 70.3 Å². The van der Waals surface area contributed by atoms with Gasteiger partial charge in [0.2, 0.25) is 0 Å². The summed E-state index contributed by atoms with van der Waals surface area (Å²) < 4.78 is 0. The SMILES string of the molecule is C=C(NCC1=CC=C(CC)C1)c1ccc(C)c(C(C)=C(C)C)c1. The summed E-state index contributed by atoms with van der Waals surface area (Å²) in [7, 11) is 0. The Morgan fingerprint density at radius 2 is 1.83 bits per heavy atom. The van der Waals surface area contributed by atoms with Gasteiger partial charge in [-0.3, -0.25) is 0 Å². The Morgan fingerprint density at radius 1 is 1.13 bits per heavy atom. The van der Waals surface area contributed by atoms with Gasteiger partial charge in [-0.15, -0.1) is 0 Å². The molecule has 0 aliphatic heterocycles. The summed E-state index contributed by atoms with van der Waals surface area (Å²) in [6.45, 7) is 16.0. The van der Waals surface area contributed by atoms with Crippen molar-refractivity contribution >= 4 is 11.3 Å². The summed E-state index contributed by atoms with van der Waals surface area (Å²) in [5.41, 5.74) is 10.5. The molecule has 0 aromatic heterocycles. The molecular weight excluding hydrogens is 278 g/mol. The molecule has 1 aromatic rings. The predicted octanol–water partition coefficient (Wildman–Crippen LogP) is 6.04. The van der Waals surface area contributed by atoms with Gasteiger partial charge in [0.05, 0.1) is 0 Å². The van der Waals surface area contributed by atoms with E-state index in [1.165, 1.54) is 39.0 Å². The second-order valence-corrected chi connectivity index (χ2v) is 6.67. The molecule has 2 rings (SSSR count). The van der Waals surface area contributed by atoms with Gasteiger partial charge in [0.25, 0.3) is 0 Å². The third-order valence-electron chi connectivity index (χ3n) is 4.73. The highest BCUT2D eigenvalue weighted by atomic mass is 14.9. The van der Waals surface area contributed by atoms with E-state index in [0.717, 1.165) is 25.1 Å². The molecule has 0 saturated carbocycles. The molecular formula is C22H29N. The normalized spacial score (nSPS) is 13.4. The fraction of sp³-hybridized carbons (Fsp3) is 0.364. The lowest BCUT2D eigenvalue weighted by atomic mass is 9.95. The first-order chi connectivity index (χ1) is 10.9. The summed E-state index contributed by atoms with van der Waals surface area (Å²) in [4.78, 5) is 0. The first-order valence-corrected chi connectivity index (χ1v) is 8.48. The first kappa shape index (κ1) is 17.3. The number of nitrogens with one attached hydrogen (secondary N) is 1. The molecule has 0 amide bonds. The van der Waals surface area contributed by atoms with Crippen LogP contribution in [0.25, 0.3) is 11.3 Å². The maximum absolute atomic E-state index is 4.23. The molecule has 0 spiro atoms. The summed E-state index contributed by atoms with van der Waals surface area (Å²) in [5, 5.41) is 3.49. The van der Waals surface area contributed by atoms with Gasteiger partial charge in [0, 0.05) is 12.2 Å². The van der Waals surface area contributed by atoms with Crippen molar-refractivity contribution in [3.63, 3.8) is 0 Å². The molecule has 1 aliphatic carbocycles. The zero-order valence-corrected chi connectivity index (χ0v) is 15.2. The maximum atomic E-state index is 4.23. The molecule has 23 heavy (non-hydrogen) atoms. The highest BCUT2D eigenvalue weighted by Gasteiger charge is 2.09. The number of rotatable bonds is 6. The lowest BCUT2D eigenvalue weighted by Crippen LogP contribution is -2.14. The lowest BCUT2D eigenvalue weighted by molar-refractivity contribution is 0.905. The average molecular weight is 307 g/mol. The molecule has 1 heteroatoms. The fourth-order valence-corrected chi connectivity index (χ4v) is 2.81. The standard InChI is InChI=1S/C22H29N/c1-7-19-9-10-20(12-19)14-23-18(6)21-11-8-16(4)22(13-21)17(5)15(2)3/h8-11,13,23H,6-7,12,14H2,1-5H3. The highest BCUT2D eigenvalue weighted by Crippen LogP contribution is 2.25. The van der Waals surface area contributed by atoms with E-state index in [4.69, 9.17) is 0 Å². The smallest absolute Gasteiger partial charge is 0.0366 e. The summed E-state index contributed by atoms with van der Waals surface area (Å²) in [6, 6.07) is 6.60. The Morgan fingerprint density at radius 3 is 2.43 bits per heavy atom. The largest absolute Gasteiger partial charge is 0.381 e. The molecule has 0 atom stereocenters. The van der Waals surface area contributed by atoms with Crippen LogP contribution in [0.1, 0.15) is 57.2 Å². The summed E-state index contributed by atoms with van der Waals surface area (Å²) >= 11 is 0. The Hall–Kier alpha value is -2.02. The van der Waals surface area contributed by atoms with Crippen LogP contribution >= 0.6 is 0 Å². The Balaban J connectivity index is 2.06. The first-order valence-electron chi connectivity index (χ1n) is 8.48. The van der Waals surface area contributed by atoms with Crippen LogP contribution in [-0.2, 0) is 0 Å². The monoisotopic (exact) mass is 307 g/mol. The Bertz CT molecular complexity index is 695. The van der Waals surface area contributed by atoms with E-state index in [1.54, 1.807) is 0 Å². The van der Waals surface area contributed by atoms with Gasteiger partial charge in [0.1, 0.15) is 0 Å². The molecule has 1 nitrogen and oxygen atoms in total. The molecule has 1 N–H and O–H groups in total. The van der Waals surface area contributed by atoms with E-state index in [-0.39, 0.29) is 0 Å². The highest BCUT2D eigenvalue weighted by molar-refractivity contribution is 5.73. The molecule has 0 heterocycles. The molecule has 1 aromatic carbocycles. The molecule has 0 radical (unpaired) electrons. The van der Waals surface area contributed by atoms with Gasteiger partial charge in [-0.1, -0.05) is 48.9 Å². The number of benzene rings is 1. The topological polar surface area (TPSA) is 12.0 Å². The van der Waals surface area contributed by atoms with Gasteiger partial charge in [0.15, 0.2) is 0 Å². The van der Waals surface area contributed by atoms with Gasteiger partial charge in [-0.2, -0.15) is 0 Å². The van der Waals surface area contributed by atoms with Crippen LogP contribution in [0.4, 0.5) is 0 Å². The van der Waals surface area contributed by atoms with E-state index in [2.05, 4.69) is 76.9 Å². The van der Waals surface area contributed by atoms with Gasteiger partial charge < -0.3 is 5.32 Å². The quantitative estimate of drug-likeness (QED) is 0.676. The lowest BCUT2D eigenvalue weighted by Gasteiger charge is -2.15. The van der Waals surface area contributed by atoms with Crippen LogP contribution in [0.15, 0.2) is 53.6 Å². The Kier molecular flexibility index (Phi) is 5.65. The molecule has 0 saturated heterocycles. The van der Waals surface area contributed by atoms with Crippen LogP contribution in [0.3, 0.4) is 0 Å². The zero-order valence-electron chi connectivity index (χ0n) is 15.2. The number of allylic oxidation sites excluding steroid dienone is 5. The van der Waals surface area contributed by atoms with Gasteiger partial charge >= 0.3 is 0 Å². The van der Waals surface area contributed by atoms with Crippen LogP contribution in [0.2, 0.25) is 0 Å². The average Bonchev–Trinajstić information content (AvgIpc) is 3.00. The van der Waals surface area contributed by atoms with E-state index in [9.17, 15) is 0 Å². The van der Waals surface area contributed by atoms with E-state index < -0.39 is 0 Å². The minimum Gasteiger partial charge on any atom is -0.381 e. The maximum Gasteiger partial charge on any atom is 0.0366 e. The third kappa shape index (κ3) is 4.25.